The molecule has 10 heteroatoms. The molecular formula is C24H25ClN6O2S. The van der Waals surface area contributed by atoms with E-state index in [1.807, 2.05) is 36.4 Å². The second-order valence-corrected chi connectivity index (χ2v) is 9.86. The van der Waals surface area contributed by atoms with Crippen molar-refractivity contribution < 1.29 is 10.2 Å². The lowest BCUT2D eigenvalue weighted by atomic mass is 9.96. The van der Waals surface area contributed by atoms with E-state index in [4.69, 9.17) is 11.6 Å². The van der Waals surface area contributed by atoms with E-state index in [2.05, 4.69) is 36.4 Å². The second kappa shape index (κ2) is 9.81. The van der Waals surface area contributed by atoms with Gasteiger partial charge in [-0.05, 0) is 60.4 Å². The summed E-state index contributed by atoms with van der Waals surface area (Å²) in [5.41, 5.74) is 3.15. The molecule has 176 valence electrons. The number of benzene rings is 1. The summed E-state index contributed by atoms with van der Waals surface area (Å²) in [4.78, 5) is 13.1. The second-order valence-electron chi connectivity index (χ2n) is 8.37. The molecule has 34 heavy (non-hydrogen) atoms. The first-order valence-corrected chi connectivity index (χ1v) is 12.3. The van der Waals surface area contributed by atoms with Crippen LogP contribution in [0.1, 0.15) is 30.5 Å². The number of thiophene rings is 1. The topological polar surface area (TPSA) is 110 Å². The Labute approximate surface area is 206 Å². The standard InChI is InChI=1S/C24H25ClN6O2S/c1-14(32)29-21-10-16(6-8-26-21)20-11-19(23(34-20)24-27-13-28-30-24)22(31-9-7-18(33)12-31)15-2-4-17(25)5-3-15/h2-6,8,10-11,13-14,18,22,32-33H,7,9,12H2,1H3,(H,26,29)(H,27,28,30)/t14?,18-,22?/m0/s1. The van der Waals surface area contributed by atoms with Crippen LogP contribution >= 0.6 is 22.9 Å². The predicted octanol–water partition coefficient (Wildman–Crippen LogP) is 4.15. The van der Waals surface area contributed by atoms with Gasteiger partial charge in [0.05, 0.1) is 17.0 Å². The average Bonchev–Trinajstić information content (AvgIpc) is 3.56. The zero-order valence-electron chi connectivity index (χ0n) is 18.5. The van der Waals surface area contributed by atoms with E-state index in [0.717, 1.165) is 39.4 Å². The number of aliphatic hydroxyl groups excluding tert-OH is 2. The third-order valence-electron chi connectivity index (χ3n) is 5.83. The van der Waals surface area contributed by atoms with Gasteiger partial charge < -0.3 is 15.5 Å². The molecule has 0 spiro atoms. The van der Waals surface area contributed by atoms with E-state index >= 15 is 0 Å². The van der Waals surface area contributed by atoms with Crippen molar-refractivity contribution in [2.75, 3.05) is 18.4 Å². The molecule has 1 saturated heterocycles. The molecule has 3 aromatic heterocycles. The van der Waals surface area contributed by atoms with Gasteiger partial charge >= 0.3 is 0 Å². The Morgan fingerprint density at radius 1 is 1.21 bits per heavy atom. The molecule has 8 nitrogen and oxygen atoms in total. The van der Waals surface area contributed by atoms with E-state index in [1.54, 1.807) is 24.5 Å². The number of halogens is 1. The summed E-state index contributed by atoms with van der Waals surface area (Å²) in [5.74, 6) is 1.29. The molecule has 4 heterocycles. The van der Waals surface area contributed by atoms with Crippen molar-refractivity contribution in [2.24, 2.45) is 0 Å². The zero-order chi connectivity index (χ0) is 23.7. The van der Waals surface area contributed by atoms with Gasteiger partial charge in [0.1, 0.15) is 18.4 Å². The molecule has 3 atom stereocenters. The minimum atomic E-state index is -0.706. The molecule has 1 aliphatic rings. The molecule has 2 unspecified atom stereocenters. The maximum absolute atomic E-state index is 10.3. The molecule has 5 rings (SSSR count). The molecule has 0 aliphatic carbocycles. The normalized spacial score (nSPS) is 18.2. The van der Waals surface area contributed by atoms with Gasteiger partial charge in [-0.1, -0.05) is 23.7 Å². The number of H-pyrrole nitrogens is 1. The Hall–Kier alpha value is -2.82. The predicted molar refractivity (Wildman–Crippen MR) is 134 cm³/mol. The number of likely N-dealkylation sites (tertiary alicyclic amines) is 1. The highest BCUT2D eigenvalue weighted by molar-refractivity contribution is 7.19. The number of rotatable bonds is 7. The van der Waals surface area contributed by atoms with Crippen LogP contribution in [0.2, 0.25) is 5.02 Å². The van der Waals surface area contributed by atoms with Crippen LogP contribution < -0.4 is 5.32 Å². The lowest BCUT2D eigenvalue weighted by molar-refractivity contribution is 0.167. The summed E-state index contributed by atoms with van der Waals surface area (Å²) in [6, 6.07) is 13.8. The summed E-state index contributed by atoms with van der Waals surface area (Å²) < 4.78 is 0. The molecular weight excluding hydrogens is 472 g/mol. The molecule has 1 aliphatic heterocycles. The van der Waals surface area contributed by atoms with Crippen molar-refractivity contribution in [1.82, 2.24) is 25.1 Å². The highest BCUT2D eigenvalue weighted by atomic mass is 35.5. The van der Waals surface area contributed by atoms with Gasteiger partial charge in [-0.15, -0.1) is 11.3 Å². The Balaban J connectivity index is 1.64. The van der Waals surface area contributed by atoms with Crippen LogP contribution in [0.5, 0.6) is 0 Å². The van der Waals surface area contributed by atoms with Gasteiger partial charge in [0, 0.05) is 29.2 Å². The number of nitrogens with zero attached hydrogens (tertiary/aromatic N) is 4. The molecule has 0 amide bonds. The Morgan fingerprint density at radius 3 is 2.71 bits per heavy atom. The number of hydrogen-bond acceptors (Lipinski definition) is 8. The Bertz CT molecular complexity index is 1240. The van der Waals surface area contributed by atoms with Crippen molar-refractivity contribution >= 4 is 28.8 Å². The quantitative estimate of drug-likeness (QED) is 0.284. The fraction of sp³-hybridized carbons (Fsp3) is 0.292. The Kier molecular flexibility index (Phi) is 6.62. The summed E-state index contributed by atoms with van der Waals surface area (Å²) in [5, 5.41) is 30.7. The molecule has 1 aromatic carbocycles. The first-order valence-electron chi connectivity index (χ1n) is 11.1. The van der Waals surface area contributed by atoms with Crippen molar-refractivity contribution in [3.8, 4) is 21.1 Å². The summed E-state index contributed by atoms with van der Waals surface area (Å²) in [7, 11) is 0. The number of aliphatic hydroxyl groups is 2. The number of hydrogen-bond donors (Lipinski definition) is 4. The van der Waals surface area contributed by atoms with Gasteiger partial charge in [-0.2, -0.15) is 5.10 Å². The van der Waals surface area contributed by atoms with Crippen LogP contribution in [-0.2, 0) is 0 Å². The summed E-state index contributed by atoms with van der Waals surface area (Å²) in [6.45, 7) is 3.03. The largest absolute Gasteiger partial charge is 0.392 e. The maximum Gasteiger partial charge on any atom is 0.165 e. The van der Waals surface area contributed by atoms with Crippen LogP contribution in [0.3, 0.4) is 0 Å². The highest BCUT2D eigenvalue weighted by Crippen LogP contribution is 2.44. The fourth-order valence-corrected chi connectivity index (χ4v) is 5.62. The third kappa shape index (κ3) is 4.84. The molecule has 4 aromatic rings. The van der Waals surface area contributed by atoms with Crippen LogP contribution in [0.15, 0.2) is 55.0 Å². The smallest absolute Gasteiger partial charge is 0.165 e. The van der Waals surface area contributed by atoms with Crippen molar-refractivity contribution in [2.45, 2.75) is 31.7 Å². The summed E-state index contributed by atoms with van der Waals surface area (Å²) in [6.07, 6.45) is 2.91. The average molecular weight is 497 g/mol. The van der Waals surface area contributed by atoms with Crippen molar-refractivity contribution in [3.05, 3.63) is 71.1 Å². The number of aromatic amines is 1. The van der Waals surface area contributed by atoms with E-state index in [9.17, 15) is 10.2 Å². The molecule has 1 fully saturated rings. The Morgan fingerprint density at radius 2 is 2.03 bits per heavy atom. The van der Waals surface area contributed by atoms with Gasteiger partial charge in [-0.3, -0.25) is 10.00 Å². The highest BCUT2D eigenvalue weighted by Gasteiger charge is 2.32. The van der Waals surface area contributed by atoms with Crippen LogP contribution in [0, 0.1) is 0 Å². The van der Waals surface area contributed by atoms with Gasteiger partial charge in [0.25, 0.3) is 0 Å². The maximum atomic E-state index is 10.3. The molecule has 0 saturated carbocycles. The SMILES string of the molecule is CC(O)Nc1cc(-c2cc(C(c3ccc(Cl)cc3)N3CC[C@H](O)C3)c(-c3ncn[nH]3)s2)ccn1. The van der Waals surface area contributed by atoms with E-state index in [-0.39, 0.29) is 12.1 Å². The van der Waals surface area contributed by atoms with E-state index in [0.29, 0.717) is 23.2 Å². The number of nitrogens with one attached hydrogen (secondary N) is 2. The molecule has 4 N–H and O–H groups in total. The van der Waals surface area contributed by atoms with Gasteiger partial charge in [0.2, 0.25) is 0 Å². The fourth-order valence-electron chi connectivity index (χ4n) is 4.36. The lowest BCUT2D eigenvalue weighted by Gasteiger charge is -2.28. The third-order valence-corrected chi connectivity index (χ3v) is 7.29. The van der Waals surface area contributed by atoms with Crippen LogP contribution in [0.25, 0.3) is 21.1 Å². The van der Waals surface area contributed by atoms with Crippen LogP contribution in [-0.4, -0.2) is 60.7 Å². The van der Waals surface area contributed by atoms with E-state index in [1.165, 1.54) is 6.33 Å². The minimum Gasteiger partial charge on any atom is -0.392 e. The van der Waals surface area contributed by atoms with Crippen LogP contribution in [0.4, 0.5) is 5.82 Å². The number of pyridine rings is 1. The van der Waals surface area contributed by atoms with Gasteiger partial charge in [-0.25, -0.2) is 9.97 Å². The summed E-state index contributed by atoms with van der Waals surface area (Å²) >= 11 is 7.80. The van der Waals surface area contributed by atoms with Crippen molar-refractivity contribution in [1.29, 1.82) is 0 Å². The number of aromatic nitrogens is 4. The lowest BCUT2D eigenvalue weighted by Crippen LogP contribution is -2.28. The molecule has 0 bridgehead atoms. The monoisotopic (exact) mass is 496 g/mol. The van der Waals surface area contributed by atoms with Gasteiger partial charge in [0.15, 0.2) is 5.82 Å². The first-order chi connectivity index (χ1) is 16.5. The first kappa shape index (κ1) is 22.9. The number of β-amino-alcohol motifs (C(OH)–C–C–N with tert-alkyl or cyclic N) is 1. The van der Waals surface area contributed by atoms with E-state index < -0.39 is 6.23 Å². The minimum absolute atomic E-state index is 0.0867. The van der Waals surface area contributed by atoms with Crippen molar-refractivity contribution in [3.63, 3.8) is 0 Å². The number of anilines is 1. The molecule has 0 radical (unpaired) electrons. The zero-order valence-corrected chi connectivity index (χ0v) is 20.1.